The SMILES string of the molecule is COC(=O)C(Cl)Cc1ccccc1F. The Bertz CT molecular complexity index is 328. The Labute approximate surface area is 86.6 Å². The number of halogens is 2. The molecule has 1 rings (SSSR count). The number of carbonyl (C=O) groups is 1. The number of benzene rings is 1. The van der Waals surface area contributed by atoms with E-state index in [1.165, 1.54) is 13.2 Å². The smallest absolute Gasteiger partial charge is 0.324 e. The van der Waals surface area contributed by atoms with E-state index >= 15 is 0 Å². The van der Waals surface area contributed by atoms with E-state index in [4.69, 9.17) is 11.6 Å². The second-order valence-corrected chi connectivity index (χ2v) is 3.31. The van der Waals surface area contributed by atoms with Crippen molar-refractivity contribution < 1.29 is 13.9 Å². The van der Waals surface area contributed by atoms with Crippen molar-refractivity contribution in [3.05, 3.63) is 35.6 Å². The molecule has 0 aliphatic carbocycles. The summed E-state index contributed by atoms with van der Waals surface area (Å²) in [4.78, 5) is 11.0. The van der Waals surface area contributed by atoms with Gasteiger partial charge in [-0.1, -0.05) is 18.2 Å². The lowest BCUT2D eigenvalue weighted by Gasteiger charge is -2.07. The molecule has 0 radical (unpaired) electrons. The number of ether oxygens (including phenoxy) is 1. The molecule has 1 aromatic carbocycles. The molecular weight excluding hydrogens is 207 g/mol. The predicted molar refractivity (Wildman–Crippen MR) is 51.8 cm³/mol. The maximum absolute atomic E-state index is 13.1. The van der Waals surface area contributed by atoms with Gasteiger partial charge in [0.2, 0.25) is 0 Å². The molecular formula is C10H10ClFO2. The van der Waals surface area contributed by atoms with Crippen LogP contribution in [0.2, 0.25) is 0 Å². The third-order valence-electron chi connectivity index (χ3n) is 1.81. The lowest BCUT2D eigenvalue weighted by Crippen LogP contribution is -2.19. The zero-order chi connectivity index (χ0) is 10.6. The van der Waals surface area contributed by atoms with Gasteiger partial charge in [-0.25, -0.2) is 4.39 Å². The minimum Gasteiger partial charge on any atom is -0.468 e. The average molecular weight is 217 g/mol. The van der Waals surface area contributed by atoms with E-state index in [2.05, 4.69) is 4.74 Å². The molecule has 14 heavy (non-hydrogen) atoms. The van der Waals surface area contributed by atoms with Gasteiger partial charge in [0.25, 0.3) is 0 Å². The van der Waals surface area contributed by atoms with Crippen LogP contribution in [-0.2, 0) is 16.0 Å². The van der Waals surface area contributed by atoms with Crippen molar-refractivity contribution in [3.8, 4) is 0 Å². The Morgan fingerprint density at radius 3 is 2.79 bits per heavy atom. The maximum Gasteiger partial charge on any atom is 0.324 e. The van der Waals surface area contributed by atoms with Gasteiger partial charge in [0.05, 0.1) is 7.11 Å². The van der Waals surface area contributed by atoms with Gasteiger partial charge in [-0.05, 0) is 11.6 Å². The molecule has 0 N–H and O–H groups in total. The van der Waals surface area contributed by atoms with Crippen LogP contribution in [-0.4, -0.2) is 18.5 Å². The Morgan fingerprint density at radius 2 is 2.21 bits per heavy atom. The lowest BCUT2D eigenvalue weighted by molar-refractivity contribution is -0.140. The maximum atomic E-state index is 13.1. The van der Waals surface area contributed by atoms with Gasteiger partial charge >= 0.3 is 5.97 Å². The van der Waals surface area contributed by atoms with E-state index in [9.17, 15) is 9.18 Å². The summed E-state index contributed by atoms with van der Waals surface area (Å²) in [6.45, 7) is 0. The third kappa shape index (κ3) is 2.70. The molecule has 0 aliphatic rings. The minimum absolute atomic E-state index is 0.140. The molecule has 0 saturated carbocycles. The summed E-state index contributed by atoms with van der Waals surface area (Å²) in [6.07, 6.45) is 0.140. The highest BCUT2D eigenvalue weighted by atomic mass is 35.5. The van der Waals surface area contributed by atoms with Crippen LogP contribution in [0.4, 0.5) is 4.39 Å². The van der Waals surface area contributed by atoms with Crippen molar-refractivity contribution in [2.24, 2.45) is 0 Å². The summed E-state index contributed by atoms with van der Waals surface area (Å²) in [5.74, 6) is -0.906. The molecule has 1 aromatic rings. The van der Waals surface area contributed by atoms with Crippen LogP contribution in [0.3, 0.4) is 0 Å². The highest BCUT2D eigenvalue weighted by molar-refractivity contribution is 6.30. The number of esters is 1. The summed E-state index contributed by atoms with van der Waals surface area (Å²) >= 11 is 5.70. The normalized spacial score (nSPS) is 12.2. The van der Waals surface area contributed by atoms with Gasteiger partial charge in [-0.15, -0.1) is 11.6 Å². The van der Waals surface area contributed by atoms with Crippen LogP contribution in [0, 0.1) is 5.82 Å². The zero-order valence-corrected chi connectivity index (χ0v) is 8.42. The van der Waals surface area contributed by atoms with Gasteiger partial charge in [-0.2, -0.15) is 0 Å². The summed E-state index contributed by atoms with van der Waals surface area (Å²) in [6, 6.07) is 6.20. The number of alkyl halides is 1. The van der Waals surface area contributed by atoms with E-state index < -0.39 is 11.3 Å². The first-order valence-corrected chi connectivity index (χ1v) is 4.54. The quantitative estimate of drug-likeness (QED) is 0.572. The molecule has 0 bridgehead atoms. The molecule has 0 spiro atoms. The minimum atomic E-state index is -0.836. The van der Waals surface area contributed by atoms with Gasteiger partial charge in [-0.3, -0.25) is 4.79 Å². The topological polar surface area (TPSA) is 26.3 Å². The molecule has 1 unspecified atom stereocenters. The Hall–Kier alpha value is -1.09. The third-order valence-corrected chi connectivity index (χ3v) is 2.15. The Morgan fingerprint density at radius 1 is 1.57 bits per heavy atom. The van der Waals surface area contributed by atoms with Crippen molar-refractivity contribution in [1.29, 1.82) is 0 Å². The molecule has 76 valence electrons. The van der Waals surface area contributed by atoms with Crippen molar-refractivity contribution in [1.82, 2.24) is 0 Å². The van der Waals surface area contributed by atoms with Crippen LogP contribution >= 0.6 is 11.6 Å². The molecule has 0 fully saturated rings. The van der Waals surface area contributed by atoms with Crippen LogP contribution in [0.15, 0.2) is 24.3 Å². The fraction of sp³-hybridized carbons (Fsp3) is 0.300. The van der Waals surface area contributed by atoms with E-state index in [1.807, 2.05) is 0 Å². The highest BCUT2D eigenvalue weighted by Crippen LogP contribution is 2.12. The van der Waals surface area contributed by atoms with E-state index in [0.717, 1.165) is 0 Å². The van der Waals surface area contributed by atoms with Crippen LogP contribution in [0.5, 0.6) is 0 Å². The van der Waals surface area contributed by atoms with Crippen molar-refractivity contribution >= 4 is 17.6 Å². The summed E-state index contributed by atoms with van der Waals surface area (Å²) < 4.78 is 17.5. The fourth-order valence-electron chi connectivity index (χ4n) is 1.07. The van der Waals surface area contributed by atoms with Crippen molar-refractivity contribution in [2.75, 3.05) is 7.11 Å². The first-order valence-electron chi connectivity index (χ1n) is 4.10. The number of hydrogen-bond acceptors (Lipinski definition) is 2. The molecule has 0 aromatic heterocycles. The van der Waals surface area contributed by atoms with E-state index in [0.29, 0.717) is 5.56 Å². The van der Waals surface area contributed by atoms with Crippen LogP contribution in [0.1, 0.15) is 5.56 Å². The molecule has 0 saturated heterocycles. The van der Waals surface area contributed by atoms with Crippen molar-refractivity contribution in [2.45, 2.75) is 11.8 Å². The van der Waals surface area contributed by atoms with Gasteiger partial charge in [0.15, 0.2) is 0 Å². The van der Waals surface area contributed by atoms with E-state index in [-0.39, 0.29) is 12.2 Å². The second kappa shape index (κ2) is 4.96. The fourth-order valence-corrected chi connectivity index (χ4v) is 1.32. The highest BCUT2D eigenvalue weighted by Gasteiger charge is 2.17. The Kier molecular flexibility index (Phi) is 3.89. The number of carbonyl (C=O) groups excluding carboxylic acids is 1. The standard InChI is InChI=1S/C10H10ClFO2/c1-14-10(13)8(11)6-7-4-2-3-5-9(7)12/h2-5,8H,6H2,1H3. The summed E-state index contributed by atoms with van der Waals surface area (Å²) in [5.41, 5.74) is 0.415. The van der Waals surface area contributed by atoms with Crippen LogP contribution in [0.25, 0.3) is 0 Å². The first kappa shape index (κ1) is 11.0. The van der Waals surface area contributed by atoms with E-state index in [1.54, 1.807) is 18.2 Å². The average Bonchev–Trinajstić information content (AvgIpc) is 2.20. The van der Waals surface area contributed by atoms with Gasteiger partial charge < -0.3 is 4.74 Å². The number of rotatable bonds is 3. The summed E-state index contributed by atoms with van der Waals surface area (Å²) in [7, 11) is 1.25. The first-order chi connectivity index (χ1) is 6.65. The zero-order valence-electron chi connectivity index (χ0n) is 7.67. The van der Waals surface area contributed by atoms with Gasteiger partial charge in [0.1, 0.15) is 11.2 Å². The van der Waals surface area contributed by atoms with Gasteiger partial charge in [0, 0.05) is 6.42 Å². The lowest BCUT2D eigenvalue weighted by atomic mass is 10.1. The number of hydrogen-bond donors (Lipinski definition) is 0. The molecule has 0 aliphatic heterocycles. The summed E-state index contributed by atoms with van der Waals surface area (Å²) in [5, 5.41) is -0.836. The second-order valence-electron chi connectivity index (χ2n) is 2.79. The monoisotopic (exact) mass is 216 g/mol. The molecule has 2 nitrogen and oxygen atoms in total. The predicted octanol–water partition coefficient (Wildman–Crippen LogP) is 2.15. The molecule has 4 heteroatoms. The number of methoxy groups -OCH3 is 1. The molecule has 1 atom stereocenters. The van der Waals surface area contributed by atoms with Crippen LogP contribution < -0.4 is 0 Å². The largest absolute Gasteiger partial charge is 0.468 e. The molecule has 0 amide bonds. The van der Waals surface area contributed by atoms with Crippen molar-refractivity contribution in [3.63, 3.8) is 0 Å². The Balaban J connectivity index is 2.69. The molecule has 0 heterocycles.